The van der Waals surface area contributed by atoms with Crippen molar-refractivity contribution in [3.8, 4) is 22.6 Å². The van der Waals surface area contributed by atoms with Crippen molar-refractivity contribution in [3.63, 3.8) is 0 Å². The van der Waals surface area contributed by atoms with Crippen LogP contribution >= 0.6 is 0 Å². The second-order valence-corrected chi connectivity index (χ2v) is 9.63. The van der Waals surface area contributed by atoms with Crippen molar-refractivity contribution in [2.75, 3.05) is 13.2 Å². The molecule has 0 radical (unpaired) electrons. The summed E-state index contributed by atoms with van der Waals surface area (Å²) in [5.74, 6) is -0.521. The van der Waals surface area contributed by atoms with Gasteiger partial charge in [-0.1, -0.05) is 30.3 Å². The van der Waals surface area contributed by atoms with Crippen LogP contribution in [0.15, 0.2) is 51.7 Å². The van der Waals surface area contributed by atoms with Crippen molar-refractivity contribution >= 4 is 22.8 Å². The second kappa shape index (κ2) is 8.76. The number of rotatable bonds is 5. The highest BCUT2D eigenvalue weighted by molar-refractivity contribution is 6.00. The summed E-state index contributed by atoms with van der Waals surface area (Å²) in [5.41, 5.74) is 1.73. The molecule has 2 aliphatic rings. The fourth-order valence-corrected chi connectivity index (χ4v) is 4.95. The number of likely N-dealkylation sites (tertiary alicyclic amines) is 1. The number of carbonyl (C=O) groups excluding carboxylic acids is 1. The molecule has 1 aromatic heterocycles. The Morgan fingerprint density at radius 2 is 1.97 bits per heavy atom. The molecule has 0 aliphatic carbocycles. The average molecular weight is 478 g/mol. The zero-order chi connectivity index (χ0) is 24.7. The van der Waals surface area contributed by atoms with Gasteiger partial charge in [0.25, 0.3) is 5.91 Å². The van der Waals surface area contributed by atoms with Crippen LogP contribution < -0.4 is 15.1 Å². The summed E-state index contributed by atoms with van der Waals surface area (Å²) >= 11 is 0. The highest BCUT2D eigenvalue weighted by Gasteiger charge is 2.35. The van der Waals surface area contributed by atoms with E-state index in [1.807, 2.05) is 44.2 Å². The molecule has 3 aromatic rings. The molecule has 2 aliphatic heterocycles. The maximum atomic E-state index is 12.9. The number of aryl methyl sites for hydroxylation is 1. The minimum absolute atomic E-state index is 0.339. The second-order valence-electron chi connectivity index (χ2n) is 9.63. The number of carboxylic acid groups (broad SMARTS) is 1. The first-order valence-corrected chi connectivity index (χ1v) is 11.8. The van der Waals surface area contributed by atoms with E-state index < -0.39 is 29.1 Å². The Labute approximate surface area is 202 Å². The number of aliphatic carboxylic acids is 1. The van der Waals surface area contributed by atoms with Crippen molar-refractivity contribution in [1.29, 1.82) is 0 Å². The fraction of sp³-hybridized carbons (Fsp3) is 0.370. The van der Waals surface area contributed by atoms with Crippen LogP contribution in [-0.2, 0) is 16.0 Å². The fourth-order valence-electron chi connectivity index (χ4n) is 4.95. The summed E-state index contributed by atoms with van der Waals surface area (Å²) in [5, 5.41) is 10.0. The molecule has 5 rings (SSSR count). The van der Waals surface area contributed by atoms with E-state index in [4.69, 9.17) is 13.9 Å². The lowest BCUT2D eigenvalue weighted by Gasteiger charge is -2.33. The van der Waals surface area contributed by atoms with Crippen LogP contribution in [0.4, 0.5) is 0 Å². The number of nitrogens with zero attached hydrogens (tertiary/aromatic N) is 1. The van der Waals surface area contributed by atoms with Crippen LogP contribution in [0.2, 0.25) is 0 Å². The third-order valence-electron chi connectivity index (χ3n) is 6.70. The number of hydrogen-bond acceptors (Lipinski definition) is 6. The molecule has 1 N–H and O–H groups in total. The lowest BCUT2D eigenvalue weighted by Crippen LogP contribution is -2.42. The summed E-state index contributed by atoms with van der Waals surface area (Å²) in [4.78, 5) is 38.4. The van der Waals surface area contributed by atoms with Crippen LogP contribution in [0.25, 0.3) is 22.1 Å². The molecule has 8 heteroatoms. The van der Waals surface area contributed by atoms with E-state index in [2.05, 4.69) is 0 Å². The van der Waals surface area contributed by atoms with Crippen molar-refractivity contribution in [2.24, 2.45) is 0 Å². The van der Waals surface area contributed by atoms with Crippen LogP contribution in [0.3, 0.4) is 0 Å². The highest BCUT2D eigenvalue weighted by atomic mass is 16.5. The van der Waals surface area contributed by atoms with Gasteiger partial charge in [-0.15, -0.1) is 0 Å². The number of carboxylic acids is 1. The molecule has 0 saturated carbocycles. The number of carbonyl (C=O) groups is 2. The number of amides is 1. The maximum absolute atomic E-state index is 12.9. The van der Waals surface area contributed by atoms with Gasteiger partial charge in [-0.05, 0) is 45.1 Å². The van der Waals surface area contributed by atoms with Crippen LogP contribution in [-0.4, -0.2) is 46.7 Å². The zero-order valence-corrected chi connectivity index (χ0v) is 19.7. The molecule has 1 saturated heterocycles. The standard InChI is InChI=1S/C27H27NO7/c1-27(2)11-10-17-20(35-27)14-21(33-15-22(29)28-12-6-9-19(28)26(31)32)24-18(13-23(30)34-25(17)24)16-7-4-3-5-8-16/h3-5,7-8,13-14,19H,6,9-12,15H2,1-2H3,(H,31,32)/t19-/m0/s1. The smallest absolute Gasteiger partial charge is 0.336 e. The Kier molecular flexibility index (Phi) is 5.75. The van der Waals surface area contributed by atoms with Gasteiger partial charge in [-0.25, -0.2) is 9.59 Å². The van der Waals surface area contributed by atoms with Gasteiger partial charge in [0, 0.05) is 29.8 Å². The number of fused-ring (bicyclic) bond motifs is 3. The largest absolute Gasteiger partial charge is 0.487 e. The first kappa shape index (κ1) is 23.0. The first-order valence-electron chi connectivity index (χ1n) is 11.8. The molecular formula is C27H27NO7. The highest BCUT2D eigenvalue weighted by Crippen LogP contribution is 2.44. The van der Waals surface area contributed by atoms with Gasteiger partial charge in [0.05, 0.1) is 5.39 Å². The van der Waals surface area contributed by atoms with Crippen LogP contribution in [0, 0.1) is 0 Å². The van der Waals surface area contributed by atoms with E-state index in [1.165, 1.54) is 11.0 Å². The van der Waals surface area contributed by atoms with Gasteiger partial charge in [-0.2, -0.15) is 0 Å². The molecule has 0 unspecified atom stereocenters. The van der Waals surface area contributed by atoms with Crippen molar-refractivity contribution in [2.45, 2.75) is 51.2 Å². The minimum Gasteiger partial charge on any atom is -0.487 e. The molecule has 3 heterocycles. The normalized spacial score (nSPS) is 18.7. The third-order valence-corrected chi connectivity index (χ3v) is 6.70. The first-order chi connectivity index (χ1) is 16.7. The maximum Gasteiger partial charge on any atom is 0.336 e. The lowest BCUT2D eigenvalue weighted by molar-refractivity contribution is -0.148. The SMILES string of the molecule is CC1(C)CCc2c(cc(OCC(=O)N3CCC[C@H]3C(=O)O)c3c(-c4ccccc4)cc(=O)oc23)O1. The van der Waals surface area contributed by atoms with Gasteiger partial charge in [-0.3, -0.25) is 4.79 Å². The van der Waals surface area contributed by atoms with E-state index in [9.17, 15) is 19.5 Å². The predicted molar refractivity (Wildman–Crippen MR) is 129 cm³/mol. The van der Waals surface area contributed by atoms with Crippen LogP contribution in [0.5, 0.6) is 11.5 Å². The molecule has 1 atom stereocenters. The molecule has 1 amide bonds. The van der Waals surface area contributed by atoms with Crippen LogP contribution in [0.1, 0.15) is 38.7 Å². The van der Waals surface area contributed by atoms with E-state index in [1.54, 1.807) is 6.07 Å². The van der Waals surface area contributed by atoms with Gasteiger partial charge < -0.3 is 23.9 Å². The summed E-state index contributed by atoms with van der Waals surface area (Å²) in [6.45, 7) is 4.01. The van der Waals surface area contributed by atoms with Gasteiger partial charge in [0.15, 0.2) is 6.61 Å². The minimum atomic E-state index is -1.01. The number of hydrogen-bond donors (Lipinski definition) is 1. The lowest BCUT2D eigenvalue weighted by atomic mass is 9.91. The Morgan fingerprint density at radius 3 is 2.71 bits per heavy atom. The van der Waals surface area contributed by atoms with Crippen molar-refractivity contribution in [3.05, 3.63) is 58.4 Å². The van der Waals surface area contributed by atoms with Crippen molar-refractivity contribution < 1.29 is 28.6 Å². The van der Waals surface area contributed by atoms with E-state index in [-0.39, 0.29) is 6.61 Å². The molecule has 0 bridgehead atoms. The summed E-state index contributed by atoms with van der Waals surface area (Å²) in [7, 11) is 0. The topological polar surface area (TPSA) is 106 Å². The summed E-state index contributed by atoms with van der Waals surface area (Å²) in [6.07, 6.45) is 2.47. The molecular weight excluding hydrogens is 450 g/mol. The monoisotopic (exact) mass is 477 g/mol. The number of benzene rings is 2. The molecule has 8 nitrogen and oxygen atoms in total. The zero-order valence-electron chi connectivity index (χ0n) is 19.7. The summed E-state index contributed by atoms with van der Waals surface area (Å²) in [6, 6.07) is 11.8. The van der Waals surface area contributed by atoms with Gasteiger partial charge in [0.2, 0.25) is 0 Å². The number of ether oxygens (including phenoxy) is 2. The predicted octanol–water partition coefficient (Wildman–Crippen LogP) is 4.02. The Hall–Kier alpha value is -3.81. The summed E-state index contributed by atoms with van der Waals surface area (Å²) < 4.78 is 17.9. The van der Waals surface area contributed by atoms with E-state index in [0.717, 1.165) is 17.5 Å². The van der Waals surface area contributed by atoms with Gasteiger partial charge in [0.1, 0.15) is 28.7 Å². The molecule has 1 fully saturated rings. The average Bonchev–Trinajstić information content (AvgIpc) is 3.32. The molecule has 35 heavy (non-hydrogen) atoms. The Balaban J connectivity index is 1.61. The van der Waals surface area contributed by atoms with E-state index in [0.29, 0.717) is 53.8 Å². The molecule has 2 aromatic carbocycles. The molecule has 0 spiro atoms. The quantitative estimate of drug-likeness (QED) is 0.553. The molecule has 182 valence electrons. The van der Waals surface area contributed by atoms with Gasteiger partial charge >= 0.3 is 11.6 Å². The Bertz CT molecular complexity index is 1360. The Morgan fingerprint density at radius 1 is 1.20 bits per heavy atom. The third kappa shape index (κ3) is 4.36. The van der Waals surface area contributed by atoms with E-state index >= 15 is 0 Å². The van der Waals surface area contributed by atoms with Crippen molar-refractivity contribution in [1.82, 2.24) is 4.90 Å².